The Bertz CT molecular complexity index is 373. The number of hydrogen-bond acceptors (Lipinski definition) is 4. The van der Waals surface area contributed by atoms with Crippen molar-refractivity contribution in [2.24, 2.45) is 0 Å². The molecule has 0 aliphatic heterocycles. The minimum atomic E-state index is -0.502. The molecule has 160 valence electrons. The Labute approximate surface area is 167 Å². The van der Waals surface area contributed by atoms with Gasteiger partial charge in [-0.05, 0) is 53.2 Å². The van der Waals surface area contributed by atoms with Crippen LogP contribution in [-0.4, -0.2) is 50.1 Å². The largest absolute Gasteiger partial charge is 0.464 e. The SMILES string of the molecule is CCCCCCCCCCCC(=O)NC(CCCCN(C)C)C(=O)OCC. The Morgan fingerprint density at radius 1 is 0.852 bits per heavy atom. The number of nitrogens with one attached hydrogen (secondary N) is 1. The van der Waals surface area contributed by atoms with Gasteiger partial charge in [-0.3, -0.25) is 4.79 Å². The number of carbonyl (C=O) groups excluding carboxylic acids is 2. The van der Waals surface area contributed by atoms with Gasteiger partial charge in [0.15, 0.2) is 0 Å². The summed E-state index contributed by atoms with van der Waals surface area (Å²) in [6, 6.07) is -0.502. The van der Waals surface area contributed by atoms with Gasteiger partial charge in [-0.1, -0.05) is 58.3 Å². The third-order valence-corrected chi connectivity index (χ3v) is 4.76. The van der Waals surface area contributed by atoms with E-state index in [1.54, 1.807) is 6.92 Å². The number of carbonyl (C=O) groups is 2. The van der Waals surface area contributed by atoms with Crippen molar-refractivity contribution in [3.05, 3.63) is 0 Å². The molecule has 1 N–H and O–H groups in total. The highest BCUT2D eigenvalue weighted by atomic mass is 16.5. The number of esters is 1. The fraction of sp³-hybridized carbons (Fsp3) is 0.909. The molecule has 0 saturated heterocycles. The minimum absolute atomic E-state index is 0.0244. The lowest BCUT2D eigenvalue weighted by Crippen LogP contribution is -2.41. The van der Waals surface area contributed by atoms with Gasteiger partial charge in [-0.15, -0.1) is 0 Å². The van der Waals surface area contributed by atoms with Crippen LogP contribution < -0.4 is 5.32 Å². The number of unbranched alkanes of at least 4 members (excludes halogenated alkanes) is 9. The molecule has 5 nitrogen and oxygen atoms in total. The average Bonchev–Trinajstić information content (AvgIpc) is 2.62. The van der Waals surface area contributed by atoms with E-state index in [1.807, 2.05) is 14.1 Å². The summed E-state index contributed by atoms with van der Waals surface area (Å²) in [5.74, 6) is -0.327. The van der Waals surface area contributed by atoms with E-state index in [4.69, 9.17) is 4.74 Å². The van der Waals surface area contributed by atoms with Gasteiger partial charge in [0.05, 0.1) is 6.61 Å². The van der Waals surface area contributed by atoms with Crippen LogP contribution in [0.2, 0.25) is 0 Å². The van der Waals surface area contributed by atoms with Crippen molar-refractivity contribution in [2.75, 3.05) is 27.2 Å². The molecule has 0 saturated carbocycles. The van der Waals surface area contributed by atoms with Crippen molar-refractivity contribution in [1.82, 2.24) is 10.2 Å². The number of hydrogen-bond donors (Lipinski definition) is 1. The van der Waals surface area contributed by atoms with E-state index >= 15 is 0 Å². The van der Waals surface area contributed by atoms with Crippen LogP contribution in [-0.2, 0) is 14.3 Å². The van der Waals surface area contributed by atoms with Crippen molar-refractivity contribution in [3.63, 3.8) is 0 Å². The molecule has 0 aromatic heterocycles. The lowest BCUT2D eigenvalue weighted by atomic mass is 10.1. The van der Waals surface area contributed by atoms with Crippen LogP contribution in [0.5, 0.6) is 0 Å². The molecule has 1 atom stereocenters. The number of nitrogens with zero attached hydrogens (tertiary/aromatic N) is 1. The second kappa shape index (κ2) is 18.3. The molecule has 27 heavy (non-hydrogen) atoms. The third-order valence-electron chi connectivity index (χ3n) is 4.76. The summed E-state index contributed by atoms with van der Waals surface area (Å²) in [7, 11) is 4.08. The molecule has 0 aliphatic carbocycles. The van der Waals surface area contributed by atoms with E-state index in [1.165, 1.54) is 44.9 Å². The van der Waals surface area contributed by atoms with Gasteiger partial charge in [0.25, 0.3) is 0 Å². The molecule has 0 rings (SSSR count). The summed E-state index contributed by atoms with van der Waals surface area (Å²) >= 11 is 0. The molecule has 0 fully saturated rings. The Morgan fingerprint density at radius 3 is 2.00 bits per heavy atom. The summed E-state index contributed by atoms with van der Waals surface area (Å²) in [6.45, 7) is 5.37. The van der Waals surface area contributed by atoms with Gasteiger partial charge in [0.1, 0.15) is 6.04 Å². The van der Waals surface area contributed by atoms with Crippen molar-refractivity contribution < 1.29 is 14.3 Å². The van der Waals surface area contributed by atoms with Crippen LogP contribution in [0.25, 0.3) is 0 Å². The Balaban J connectivity index is 3.94. The first-order chi connectivity index (χ1) is 13.0. The second-order valence-electron chi connectivity index (χ2n) is 7.75. The fourth-order valence-corrected chi connectivity index (χ4v) is 3.13. The molecule has 0 aromatic carbocycles. The first kappa shape index (κ1) is 25.9. The monoisotopic (exact) mass is 384 g/mol. The average molecular weight is 385 g/mol. The van der Waals surface area contributed by atoms with E-state index in [-0.39, 0.29) is 11.9 Å². The fourth-order valence-electron chi connectivity index (χ4n) is 3.13. The smallest absolute Gasteiger partial charge is 0.328 e. The zero-order chi connectivity index (χ0) is 20.3. The Morgan fingerprint density at radius 2 is 1.44 bits per heavy atom. The zero-order valence-electron chi connectivity index (χ0n) is 18.4. The summed E-state index contributed by atoms with van der Waals surface area (Å²) in [5, 5.41) is 2.89. The summed E-state index contributed by atoms with van der Waals surface area (Å²) < 4.78 is 5.12. The summed E-state index contributed by atoms with van der Waals surface area (Å²) in [5.41, 5.74) is 0. The number of amides is 1. The maximum Gasteiger partial charge on any atom is 0.328 e. The van der Waals surface area contributed by atoms with Crippen LogP contribution in [0, 0.1) is 0 Å². The third kappa shape index (κ3) is 16.8. The molecule has 0 bridgehead atoms. The van der Waals surface area contributed by atoms with E-state index in [0.29, 0.717) is 19.4 Å². The van der Waals surface area contributed by atoms with Crippen molar-refractivity contribution in [2.45, 2.75) is 103 Å². The summed E-state index contributed by atoms with van der Waals surface area (Å²) in [4.78, 5) is 26.4. The molecule has 0 radical (unpaired) electrons. The number of ether oxygens (including phenoxy) is 1. The normalized spacial score (nSPS) is 12.2. The Kier molecular flexibility index (Phi) is 17.5. The lowest BCUT2D eigenvalue weighted by Gasteiger charge is -2.18. The first-order valence-electron chi connectivity index (χ1n) is 11.1. The molecule has 0 heterocycles. The maximum atomic E-state index is 12.2. The predicted octanol–water partition coefficient (Wildman–Crippen LogP) is 4.69. The number of rotatable bonds is 18. The molecular formula is C22H44N2O3. The van der Waals surface area contributed by atoms with Crippen molar-refractivity contribution in [1.29, 1.82) is 0 Å². The highest BCUT2D eigenvalue weighted by Gasteiger charge is 2.21. The van der Waals surface area contributed by atoms with Crippen molar-refractivity contribution >= 4 is 11.9 Å². The predicted molar refractivity (Wildman–Crippen MR) is 113 cm³/mol. The molecule has 0 spiro atoms. The van der Waals surface area contributed by atoms with Gasteiger partial charge in [0.2, 0.25) is 5.91 Å². The van der Waals surface area contributed by atoms with Gasteiger partial charge >= 0.3 is 5.97 Å². The minimum Gasteiger partial charge on any atom is -0.464 e. The maximum absolute atomic E-state index is 12.2. The highest BCUT2D eigenvalue weighted by Crippen LogP contribution is 2.11. The molecule has 1 unspecified atom stereocenters. The highest BCUT2D eigenvalue weighted by molar-refractivity contribution is 5.84. The van der Waals surface area contributed by atoms with E-state index in [0.717, 1.165) is 32.2 Å². The second-order valence-corrected chi connectivity index (χ2v) is 7.75. The molecule has 5 heteroatoms. The topological polar surface area (TPSA) is 58.6 Å². The van der Waals surface area contributed by atoms with Gasteiger partial charge < -0.3 is 15.0 Å². The van der Waals surface area contributed by atoms with Crippen LogP contribution in [0.3, 0.4) is 0 Å². The van der Waals surface area contributed by atoms with Crippen LogP contribution >= 0.6 is 0 Å². The first-order valence-corrected chi connectivity index (χ1v) is 11.1. The van der Waals surface area contributed by atoms with Crippen LogP contribution in [0.1, 0.15) is 97.3 Å². The van der Waals surface area contributed by atoms with Crippen LogP contribution in [0.15, 0.2) is 0 Å². The summed E-state index contributed by atoms with van der Waals surface area (Å²) in [6.07, 6.45) is 14.2. The molecule has 0 aliphatic rings. The molecular weight excluding hydrogens is 340 g/mol. The lowest BCUT2D eigenvalue weighted by molar-refractivity contribution is -0.147. The Hall–Kier alpha value is -1.10. The van der Waals surface area contributed by atoms with E-state index in [9.17, 15) is 9.59 Å². The van der Waals surface area contributed by atoms with Gasteiger partial charge in [-0.25, -0.2) is 4.79 Å². The van der Waals surface area contributed by atoms with Crippen molar-refractivity contribution in [3.8, 4) is 0 Å². The van der Waals surface area contributed by atoms with Crippen LogP contribution in [0.4, 0.5) is 0 Å². The molecule has 1 amide bonds. The standard InChI is InChI=1S/C22H44N2O3/c1-5-7-8-9-10-11-12-13-14-18-21(25)23-20(22(26)27-6-2)17-15-16-19-24(3)4/h20H,5-19H2,1-4H3,(H,23,25). The van der Waals surface area contributed by atoms with E-state index < -0.39 is 6.04 Å². The van der Waals surface area contributed by atoms with Gasteiger partial charge in [0, 0.05) is 6.42 Å². The van der Waals surface area contributed by atoms with Gasteiger partial charge in [-0.2, -0.15) is 0 Å². The van der Waals surface area contributed by atoms with E-state index in [2.05, 4.69) is 17.1 Å². The molecule has 0 aromatic rings. The zero-order valence-corrected chi connectivity index (χ0v) is 18.4. The quantitative estimate of drug-likeness (QED) is 0.275.